The van der Waals surface area contributed by atoms with Crippen molar-refractivity contribution in [2.75, 3.05) is 38.2 Å². The molecule has 108 valence electrons. The number of fused-ring (bicyclic) bond motifs is 1. The molecule has 3 rings (SSSR count). The number of hydrogen-bond acceptors (Lipinski definition) is 5. The molecule has 1 aliphatic rings. The lowest BCUT2D eigenvalue weighted by molar-refractivity contribution is 0.0567. The molecule has 2 heterocycles. The first-order chi connectivity index (χ1) is 9.28. The van der Waals surface area contributed by atoms with Gasteiger partial charge in [0.2, 0.25) is 5.76 Å². The van der Waals surface area contributed by atoms with E-state index >= 15 is 0 Å². The van der Waals surface area contributed by atoms with Crippen LogP contribution in [0.25, 0.3) is 11.0 Å². The number of methoxy groups -OCH3 is 1. The van der Waals surface area contributed by atoms with E-state index in [1.165, 1.54) is 7.11 Å². The third-order valence-electron chi connectivity index (χ3n) is 3.37. The first kappa shape index (κ1) is 14.7. The molecule has 0 saturated carbocycles. The Kier molecular flexibility index (Phi) is 4.52. The van der Waals surface area contributed by atoms with Crippen molar-refractivity contribution in [2.24, 2.45) is 0 Å². The van der Waals surface area contributed by atoms with Crippen LogP contribution in [-0.4, -0.2) is 39.3 Å². The van der Waals surface area contributed by atoms with Crippen molar-refractivity contribution in [3.8, 4) is 0 Å². The molecule has 2 aromatic rings. The van der Waals surface area contributed by atoms with Gasteiger partial charge in [0.05, 0.1) is 7.11 Å². The molecule has 20 heavy (non-hydrogen) atoms. The lowest BCUT2D eigenvalue weighted by atomic mass is 10.2. The number of nitrogens with zero attached hydrogens (tertiary/aromatic N) is 1. The topological polar surface area (TPSA) is 54.7 Å². The van der Waals surface area contributed by atoms with Gasteiger partial charge in [-0.3, -0.25) is 0 Å². The number of rotatable bonds is 2. The molecule has 1 aliphatic heterocycles. The quantitative estimate of drug-likeness (QED) is 0.860. The van der Waals surface area contributed by atoms with Crippen molar-refractivity contribution in [1.29, 1.82) is 0 Å². The Morgan fingerprint density at radius 1 is 1.30 bits per heavy atom. The number of hydrogen-bond donors (Lipinski definition) is 1. The van der Waals surface area contributed by atoms with E-state index in [1.54, 1.807) is 6.07 Å². The minimum atomic E-state index is -0.445. The monoisotopic (exact) mass is 296 g/mol. The molecule has 1 aromatic carbocycles. The predicted molar refractivity (Wildman–Crippen MR) is 79.9 cm³/mol. The van der Waals surface area contributed by atoms with Crippen molar-refractivity contribution in [2.45, 2.75) is 0 Å². The fourth-order valence-electron chi connectivity index (χ4n) is 2.35. The third-order valence-corrected chi connectivity index (χ3v) is 3.37. The molecule has 1 saturated heterocycles. The minimum Gasteiger partial charge on any atom is -0.463 e. The van der Waals surface area contributed by atoms with Gasteiger partial charge in [-0.05, 0) is 24.3 Å². The van der Waals surface area contributed by atoms with Crippen LogP contribution in [0, 0.1) is 0 Å². The maximum Gasteiger partial charge on any atom is 0.373 e. The molecule has 0 spiro atoms. The molecule has 0 amide bonds. The number of furan rings is 1. The minimum absolute atomic E-state index is 0. The lowest BCUT2D eigenvalue weighted by Gasteiger charge is -2.29. The molecule has 0 bridgehead atoms. The summed E-state index contributed by atoms with van der Waals surface area (Å²) in [4.78, 5) is 13.8. The average molecular weight is 297 g/mol. The SMILES string of the molecule is COC(=O)c1cc2cc(N3CCNCC3)ccc2o1.Cl. The summed E-state index contributed by atoms with van der Waals surface area (Å²) in [6, 6.07) is 7.71. The molecule has 6 heteroatoms. The van der Waals surface area contributed by atoms with E-state index in [2.05, 4.69) is 21.0 Å². The van der Waals surface area contributed by atoms with Gasteiger partial charge in [-0.1, -0.05) is 0 Å². The average Bonchev–Trinajstić information content (AvgIpc) is 2.90. The van der Waals surface area contributed by atoms with Crippen LogP contribution in [0.1, 0.15) is 10.6 Å². The first-order valence-electron chi connectivity index (χ1n) is 6.35. The predicted octanol–water partition coefficient (Wildman–Crippen LogP) is 2.05. The fourth-order valence-corrected chi connectivity index (χ4v) is 2.35. The third kappa shape index (κ3) is 2.73. The number of ether oxygens (including phenoxy) is 1. The number of piperazine rings is 1. The lowest BCUT2D eigenvalue weighted by Crippen LogP contribution is -2.43. The van der Waals surface area contributed by atoms with Gasteiger partial charge in [-0.25, -0.2) is 4.79 Å². The Hall–Kier alpha value is -1.72. The number of anilines is 1. The van der Waals surface area contributed by atoms with E-state index < -0.39 is 5.97 Å². The molecule has 0 unspecified atom stereocenters. The van der Waals surface area contributed by atoms with Crippen LogP contribution in [0.5, 0.6) is 0 Å². The molecular weight excluding hydrogens is 280 g/mol. The van der Waals surface area contributed by atoms with Gasteiger partial charge < -0.3 is 19.4 Å². The van der Waals surface area contributed by atoms with Crippen LogP contribution in [0.2, 0.25) is 0 Å². The highest BCUT2D eigenvalue weighted by molar-refractivity contribution is 5.93. The van der Waals surface area contributed by atoms with Crippen molar-refractivity contribution >= 4 is 35.0 Å². The molecule has 5 nitrogen and oxygen atoms in total. The van der Waals surface area contributed by atoms with E-state index in [-0.39, 0.29) is 18.2 Å². The molecule has 1 aromatic heterocycles. The van der Waals surface area contributed by atoms with E-state index in [1.807, 2.05) is 12.1 Å². The molecule has 0 atom stereocenters. The van der Waals surface area contributed by atoms with Crippen LogP contribution < -0.4 is 10.2 Å². The summed E-state index contributed by atoms with van der Waals surface area (Å²) in [5.41, 5.74) is 1.87. The van der Waals surface area contributed by atoms with Gasteiger partial charge in [-0.2, -0.15) is 0 Å². The number of nitrogens with one attached hydrogen (secondary N) is 1. The highest BCUT2D eigenvalue weighted by Crippen LogP contribution is 2.25. The number of carbonyl (C=O) groups excluding carboxylic acids is 1. The van der Waals surface area contributed by atoms with Crippen molar-refractivity contribution in [1.82, 2.24) is 5.32 Å². The summed E-state index contributed by atoms with van der Waals surface area (Å²) < 4.78 is 10.1. The maximum absolute atomic E-state index is 11.4. The summed E-state index contributed by atoms with van der Waals surface area (Å²) in [6.07, 6.45) is 0. The van der Waals surface area contributed by atoms with Crippen molar-refractivity contribution in [3.05, 3.63) is 30.0 Å². The second kappa shape index (κ2) is 6.15. The van der Waals surface area contributed by atoms with Crippen LogP contribution in [-0.2, 0) is 4.74 Å². The number of carbonyl (C=O) groups is 1. The fraction of sp³-hybridized carbons (Fsp3) is 0.357. The zero-order valence-electron chi connectivity index (χ0n) is 11.2. The van der Waals surface area contributed by atoms with Gasteiger partial charge >= 0.3 is 5.97 Å². The van der Waals surface area contributed by atoms with Gasteiger partial charge in [-0.15, -0.1) is 12.4 Å². The van der Waals surface area contributed by atoms with Gasteiger partial charge in [0.25, 0.3) is 0 Å². The summed E-state index contributed by atoms with van der Waals surface area (Å²) in [7, 11) is 1.35. The normalized spacial score (nSPS) is 14.9. The van der Waals surface area contributed by atoms with Crippen molar-refractivity contribution in [3.63, 3.8) is 0 Å². The Bertz CT molecular complexity index is 605. The maximum atomic E-state index is 11.4. The molecule has 1 fully saturated rings. The molecule has 1 N–H and O–H groups in total. The Morgan fingerprint density at radius 2 is 2.05 bits per heavy atom. The smallest absolute Gasteiger partial charge is 0.373 e. The highest BCUT2D eigenvalue weighted by atomic mass is 35.5. The zero-order valence-corrected chi connectivity index (χ0v) is 12.0. The van der Waals surface area contributed by atoms with Crippen LogP contribution in [0.15, 0.2) is 28.7 Å². The second-order valence-corrected chi connectivity index (χ2v) is 4.56. The number of esters is 1. The van der Waals surface area contributed by atoms with Crippen LogP contribution in [0.4, 0.5) is 5.69 Å². The Morgan fingerprint density at radius 3 is 2.75 bits per heavy atom. The standard InChI is InChI=1S/C14H16N2O3.ClH/c1-18-14(17)13-9-10-8-11(2-3-12(10)19-13)16-6-4-15-5-7-16;/h2-3,8-9,15H,4-7H2,1H3;1H. The van der Waals surface area contributed by atoms with Gasteiger partial charge in [0.1, 0.15) is 5.58 Å². The number of benzene rings is 1. The van der Waals surface area contributed by atoms with E-state index in [4.69, 9.17) is 4.42 Å². The Labute approximate surface area is 123 Å². The van der Waals surface area contributed by atoms with Gasteiger partial charge in [0, 0.05) is 37.3 Å². The van der Waals surface area contributed by atoms with E-state index in [0.717, 1.165) is 37.3 Å². The molecule has 0 radical (unpaired) electrons. The summed E-state index contributed by atoms with van der Waals surface area (Å²) in [6.45, 7) is 3.98. The van der Waals surface area contributed by atoms with Crippen molar-refractivity contribution < 1.29 is 13.9 Å². The summed E-state index contributed by atoms with van der Waals surface area (Å²) in [5.74, 6) is -0.199. The Balaban J connectivity index is 0.00000147. The van der Waals surface area contributed by atoms with E-state index in [0.29, 0.717) is 5.58 Å². The highest BCUT2D eigenvalue weighted by Gasteiger charge is 2.15. The van der Waals surface area contributed by atoms with Crippen LogP contribution >= 0.6 is 12.4 Å². The zero-order chi connectivity index (χ0) is 13.2. The number of halogens is 1. The molecule has 0 aliphatic carbocycles. The largest absolute Gasteiger partial charge is 0.463 e. The molecular formula is C14H17ClN2O3. The summed E-state index contributed by atoms with van der Waals surface area (Å²) in [5, 5.41) is 4.25. The van der Waals surface area contributed by atoms with Gasteiger partial charge in [0.15, 0.2) is 0 Å². The van der Waals surface area contributed by atoms with E-state index in [9.17, 15) is 4.79 Å². The van der Waals surface area contributed by atoms with Crippen LogP contribution in [0.3, 0.4) is 0 Å². The summed E-state index contributed by atoms with van der Waals surface area (Å²) >= 11 is 0. The first-order valence-corrected chi connectivity index (χ1v) is 6.35. The second-order valence-electron chi connectivity index (χ2n) is 4.56.